The number of hydrogen-bond acceptors (Lipinski definition) is 5. The predicted octanol–water partition coefficient (Wildman–Crippen LogP) is 1.67. The number of carbonyl (C=O) groups is 3. The van der Waals surface area contributed by atoms with Crippen LogP contribution < -0.4 is 14.8 Å². The summed E-state index contributed by atoms with van der Waals surface area (Å²) in [5.74, 6) is 0.852. The molecule has 0 unspecified atom stereocenters. The Bertz CT molecular complexity index is 803. The average molecular weight is 387 g/mol. The second-order valence-electron chi connectivity index (χ2n) is 7.50. The summed E-state index contributed by atoms with van der Waals surface area (Å²) in [7, 11) is 0. The third-order valence-corrected chi connectivity index (χ3v) is 5.71. The zero-order valence-electron chi connectivity index (χ0n) is 16.0. The van der Waals surface area contributed by atoms with Gasteiger partial charge in [-0.1, -0.05) is 18.9 Å². The van der Waals surface area contributed by atoms with Gasteiger partial charge in [0.1, 0.15) is 25.3 Å². The molecule has 150 valence electrons. The van der Waals surface area contributed by atoms with E-state index >= 15 is 0 Å². The first kappa shape index (κ1) is 18.6. The van der Waals surface area contributed by atoms with Gasteiger partial charge in [0.15, 0.2) is 11.5 Å². The molecule has 1 saturated carbocycles. The number of hydrogen-bond donors (Lipinski definition) is 1. The predicted molar refractivity (Wildman–Crippen MR) is 100.0 cm³/mol. The van der Waals surface area contributed by atoms with Gasteiger partial charge in [-0.2, -0.15) is 0 Å². The molecule has 1 N–H and O–H groups in total. The minimum atomic E-state index is -0.787. The third kappa shape index (κ3) is 3.27. The molecular formula is C20H25N3O5. The lowest BCUT2D eigenvalue weighted by Crippen LogP contribution is -2.46. The highest BCUT2D eigenvalue weighted by Gasteiger charge is 2.52. The Hall–Kier alpha value is -2.77. The summed E-state index contributed by atoms with van der Waals surface area (Å²) in [4.78, 5) is 40.6. The van der Waals surface area contributed by atoms with Crippen LogP contribution in [0.5, 0.6) is 11.5 Å². The van der Waals surface area contributed by atoms with Crippen molar-refractivity contribution in [2.45, 2.75) is 44.7 Å². The van der Waals surface area contributed by atoms with Gasteiger partial charge in [-0.3, -0.25) is 14.5 Å². The summed E-state index contributed by atoms with van der Waals surface area (Å²) in [6.45, 7) is 3.52. The van der Waals surface area contributed by atoms with Gasteiger partial charge in [-0.25, -0.2) is 4.79 Å². The highest BCUT2D eigenvalue weighted by Crippen LogP contribution is 2.35. The van der Waals surface area contributed by atoms with Crippen LogP contribution in [0.15, 0.2) is 18.2 Å². The molecule has 1 aromatic carbocycles. The van der Waals surface area contributed by atoms with Crippen molar-refractivity contribution in [3.05, 3.63) is 23.8 Å². The molecule has 1 aromatic rings. The number of fused-ring (bicyclic) bond motifs is 1. The van der Waals surface area contributed by atoms with Gasteiger partial charge in [0.25, 0.3) is 5.91 Å². The molecule has 2 aliphatic heterocycles. The average Bonchev–Trinajstić information content (AvgIpc) is 3.26. The number of urea groups is 1. The van der Waals surface area contributed by atoms with Crippen LogP contribution in [0.1, 0.15) is 38.2 Å². The number of nitrogens with one attached hydrogen (secondary N) is 1. The Balaban J connectivity index is 1.43. The monoisotopic (exact) mass is 387 g/mol. The van der Waals surface area contributed by atoms with Crippen LogP contribution in [0.3, 0.4) is 0 Å². The third-order valence-electron chi connectivity index (χ3n) is 5.71. The van der Waals surface area contributed by atoms with Crippen molar-refractivity contribution >= 4 is 17.8 Å². The lowest BCUT2D eigenvalue weighted by molar-refractivity contribution is -0.139. The summed E-state index contributed by atoms with van der Waals surface area (Å²) in [5, 5.41) is 2.81. The molecule has 8 nitrogen and oxygen atoms in total. The number of benzene rings is 1. The number of ether oxygens (including phenoxy) is 2. The molecule has 1 spiro atoms. The maximum absolute atomic E-state index is 12.8. The molecule has 8 heteroatoms. The highest BCUT2D eigenvalue weighted by atomic mass is 16.6. The number of likely N-dealkylation sites (N-methyl/N-ethyl adjacent to an activating group) is 1. The summed E-state index contributed by atoms with van der Waals surface area (Å²) in [6, 6.07) is 5.13. The molecular weight excluding hydrogens is 362 g/mol. The standard InChI is InChI=1S/C20H25N3O5/c1-2-22(12-14-5-6-15-16(11-14)28-10-9-27-15)17(24)13-23-18(25)20(21-19(23)26)7-3-4-8-20/h5-6,11H,2-4,7-10,12-13H2,1H3,(H,21,26). The second kappa shape index (κ2) is 7.33. The normalized spacial score (nSPS) is 19.8. The fourth-order valence-electron chi connectivity index (χ4n) is 4.16. The molecule has 0 atom stereocenters. The second-order valence-corrected chi connectivity index (χ2v) is 7.50. The van der Waals surface area contributed by atoms with E-state index < -0.39 is 11.6 Å². The first-order valence-corrected chi connectivity index (χ1v) is 9.83. The van der Waals surface area contributed by atoms with E-state index in [0.717, 1.165) is 23.3 Å². The van der Waals surface area contributed by atoms with E-state index in [4.69, 9.17) is 9.47 Å². The molecule has 3 aliphatic rings. The van der Waals surface area contributed by atoms with Crippen LogP contribution in [0.25, 0.3) is 0 Å². The van der Waals surface area contributed by atoms with E-state index in [1.54, 1.807) is 4.90 Å². The Kier molecular flexibility index (Phi) is 4.87. The van der Waals surface area contributed by atoms with E-state index in [1.165, 1.54) is 0 Å². The molecule has 28 heavy (non-hydrogen) atoms. The molecule has 4 amide bonds. The zero-order chi connectivity index (χ0) is 19.7. The van der Waals surface area contributed by atoms with Crippen LogP contribution in [-0.2, 0) is 16.1 Å². The lowest BCUT2D eigenvalue weighted by Gasteiger charge is -2.25. The molecule has 0 aromatic heterocycles. The fourth-order valence-corrected chi connectivity index (χ4v) is 4.16. The quantitative estimate of drug-likeness (QED) is 0.777. The topological polar surface area (TPSA) is 88.2 Å². The summed E-state index contributed by atoms with van der Waals surface area (Å²) in [6.07, 6.45) is 3.13. The van der Waals surface area contributed by atoms with Crippen LogP contribution in [0.4, 0.5) is 4.79 Å². The van der Waals surface area contributed by atoms with Crippen molar-refractivity contribution < 1.29 is 23.9 Å². The van der Waals surface area contributed by atoms with Crippen molar-refractivity contribution in [1.82, 2.24) is 15.1 Å². The maximum Gasteiger partial charge on any atom is 0.325 e. The van der Waals surface area contributed by atoms with E-state index in [9.17, 15) is 14.4 Å². The Morgan fingerprint density at radius 3 is 2.61 bits per heavy atom. The van der Waals surface area contributed by atoms with Gasteiger partial charge in [-0.15, -0.1) is 0 Å². The number of imide groups is 1. The summed E-state index contributed by atoms with van der Waals surface area (Å²) >= 11 is 0. The van der Waals surface area contributed by atoms with Crippen molar-refractivity contribution in [1.29, 1.82) is 0 Å². The largest absolute Gasteiger partial charge is 0.486 e. The van der Waals surface area contributed by atoms with E-state index in [-0.39, 0.29) is 18.4 Å². The van der Waals surface area contributed by atoms with Gasteiger partial charge in [0.05, 0.1) is 0 Å². The van der Waals surface area contributed by atoms with E-state index in [2.05, 4.69) is 5.32 Å². The SMILES string of the molecule is CCN(Cc1ccc2c(c1)OCCO2)C(=O)CN1C(=O)NC2(CCCC2)C1=O. The number of nitrogens with zero attached hydrogens (tertiary/aromatic N) is 2. The molecule has 0 bridgehead atoms. The van der Waals surface area contributed by atoms with Crippen LogP contribution >= 0.6 is 0 Å². The summed E-state index contributed by atoms with van der Waals surface area (Å²) < 4.78 is 11.1. The van der Waals surface area contributed by atoms with Crippen molar-refractivity contribution in [2.75, 3.05) is 26.3 Å². The molecule has 1 aliphatic carbocycles. The Morgan fingerprint density at radius 2 is 1.89 bits per heavy atom. The minimum Gasteiger partial charge on any atom is -0.486 e. The number of carbonyl (C=O) groups excluding carboxylic acids is 3. The van der Waals surface area contributed by atoms with Crippen molar-refractivity contribution in [3.8, 4) is 11.5 Å². The lowest BCUT2D eigenvalue weighted by atomic mass is 9.98. The van der Waals surface area contributed by atoms with Crippen molar-refractivity contribution in [2.24, 2.45) is 0 Å². The first-order valence-electron chi connectivity index (χ1n) is 9.83. The number of rotatable bonds is 5. The van der Waals surface area contributed by atoms with Gasteiger partial charge in [0.2, 0.25) is 5.91 Å². The molecule has 2 heterocycles. The van der Waals surface area contributed by atoms with Gasteiger partial charge < -0.3 is 19.7 Å². The fraction of sp³-hybridized carbons (Fsp3) is 0.550. The van der Waals surface area contributed by atoms with E-state index in [1.807, 2.05) is 25.1 Å². The Labute approximate surface area is 163 Å². The minimum absolute atomic E-state index is 0.231. The van der Waals surface area contributed by atoms with Crippen LogP contribution in [0.2, 0.25) is 0 Å². The summed E-state index contributed by atoms with van der Waals surface area (Å²) in [5.41, 5.74) is 0.119. The van der Waals surface area contributed by atoms with Gasteiger partial charge >= 0.3 is 6.03 Å². The van der Waals surface area contributed by atoms with Crippen LogP contribution in [0, 0.1) is 0 Å². The number of amides is 4. The smallest absolute Gasteiger partial charge is 0.325 e. The first-order chi connectivity index (χ1) is 13.5. The molecule has 0 radical (unpaired) electrons. The molecule has 2 fully saturated rings. The van der Waals surface area contributed by atoms with E-state index in [0.29, 0.717) is 50.6 Å². The zero-order valence-corrected chi connectivity index (χ0v) is 16.0. The molecule has 4 rings (SSSR count). The molecule has 1 saturated heterocycles. The van der Waals surface area contributed by atoms with Gasteiger partial charge in [0, 0.05) is 13.1 Å². The van der Waals surface area contributed by atoms with Gasteiger partial charge in [-0.05, 0) is 37.5 Å². The van der Waals surface area contributed by atoms with Crippen molar-refractivity contribution in [3.63, 3.8) is 0 Å². The van der Waals surface area contributed by atoms with Crippen LogP contribution in [-0.4, -0.2) is 59.5 Å². The Morgan fingerprint density at radius 1 is 1.18 bits per heavy atom. The highest BCUT2D eigenvalue weighted by molar-refractivity contribution is 6.09. The maximum atomic E-state index is 12.8.